The molecule has 2 N–H and O–H groups in total. The van der Waals surface area contributed by atoms with E-state index in [9.17, 15) is 9.59 Å². The van der Waals surface area contributed by atoms with Crippen molar-refractivity contribution in [3.8, 4) is 5.75 Å². The van der Waals surface area contributed by atoms with Gasteiger partial charge in [-0.15, -0.1) is 0 Å². The van der Waals surface area contributed by atoms with Crippen LogP contribution in [-0.4, -0.2) is 54.4 Å². The van der Waals surface area contributed by atoms with E-state index in [-0.39, 0.29) is 12.5 Å². The lowest BCUT2D eigenvalue weighted by molar-refractivity contribution is -0.119. The molecule has 3 aromatic rings. The number of hydrogen-bond acceptors (Lipinski definition) is 4. The van der Waals surface area contributed by atoms with E-state index >= 15 is 0 Å². The lowest BCUT2D eigenvalue weighted by Gasteiger charge is -2.35. The van der Waals surface area contributed by atoms with Crippen molar-refractivity contribution in [3.63, 3.8) is 0 Å². The SMILES string of the molecule is NC(=O)COc1ccccc1C(=O)N1CCN(Cc2cccc3ccccc23)CC1. The minimum Gasteiger partial charge on any atom is -0.483 e. The first-order valence-electron chi connectivity index (χ1n) is 10.1. The van der Waals surface area contributed by atoms with Gasteiger partial charge in [0, 0.05) is 32.7 Å². The third-order valence-electron chi connectivity index (χ3n) is 5.42. The van der Waals surface area contributed by atoms with Gasteiger partial charge in [0.25, 0.3) is 11.8 Å². The van der Waals surface area contributed by atoms with Gasteiger partial charge in [0.1, 0.15) is 5.75 Å². The predicted octanol–water partition coefficient (Wildman–Crippen LogP) is 2.66. The van der Waals surface area contributed by atoms with Crippen molar-refractivity contribution < 1.29 is 14.3 Å². The quantitative estimate of drug-likeness (QED) is 0.687. The Morgan fingerprint density at radius 2 is 1.57 bits per heavy atom. The van der Waals surface area contributed by atoms with Crippen molar-refractivity contribution in [1.29, 1.82) is 0 Å². The van der Waals surface area contributed by atoms with Gasteiger partial charge in [-0.05, 0) is 28.5 Å². The normalized spacial score (nSPS) is 14.6. The average molecular weight is 403 g/mol. The highest BCUT2D eigenvalue weighted by Gasteiger charge is 2.24. The summed E-state index contributed by atoms with van der Waals surface area (Å²) in [7, 11) is 0. The summed E-state index contributed by atoms with van der Waals surface area (Å²) in [4.78, 5) is 28.3. The maximum Gasteiger partial charge on any atom is 0.257 e. The molecule has 0 spiro atoms. The van der Waals surface area contributed by atoms with Gasteiger partial charge in [-0.25, -0.2) is 0 Å². The van der Waals surface area contributed by atoms with Crippen LogP contribution in [0.5, 0.6) is 5.75 Å². The molecule has 1 heterocycles. The summed E-state index contributed by atoms with van der Waals surface area (Å²) >= 11 is 0. The van der Waals surface area contributed by atoms with Crippen LogP contribution in [0.25, 0.3) is 10.8 Å². The van der Waals surface area contributed by atoms with Crippen molar-refractivity contribution in [2.75, 3.05) is 32.8 Å². The Kier molecular flexibility index (Phi) is 5.95. The molecular weight excluding hydrogens is 378 g/mol. The Morgan fingerprint density at radius 1 is 0.867 bits per heavy atom. The molecule has 0 bridgehead atoms. The summed E-state index contributed by atoms with van der Waals surface area (Å²) in [6, 6.07) is 21.8. The van der Waals surface area contributed by atoms with Crippen LogP contribution in [0.2, 0.25) is 0 Å². The standard InChI is InChI=1S/C24H25N3O3/c25-23(28)17-30-22-11-4-3-10-21(22)24(29)27-14-12-26(13-15-27)16-19-8-5-7-18-6-1-2-9-20(18)19/h1-11H,12-17H2,(H2,25,28). The first-order valence-corrected chi connectivity index (χ1v) is 10.1. The predicted molar refractivity (Wildman–Crippen MR) is 116 cm³/mol. The molecule has 1 saturated heterocycles. The number of nitrogens with zero attached hydrogens (tertiary/aromatic N) is 2. The zero-order valence-electron chi connectivity index (χ0n) is 16.8. The van der Waals surface area contributed by atoms with Crippen LogP contribution >= 0.6 is 0 Å². The van der Waals surface area contributed by atoms with Crippen molar-refractivity contribution >= 4 is 22.6 Å². The number of nitrogens with two attached hydrogens (primary N) is 1. The molecule has 0 atom stereocenters. The third-order valence-corrected chi connectivity index (χ3v) is 5.42. The Hall–Kier alpha value is -3.38. The highest BCUT2D eigenvalue weighted by molar-refractivity contribution is 5.97. The number of benzene rings is 3. The lowest BCUT2D eigenvalue weighted by atomic mass is 10.0. The highest BCUT2D eigenvalue weighted by atomic mass is 16.5. The molecule has 0 unspecified atom stereocenters. The summed E-state index contributed by atoms with van der Waals surface area (Å²) in [5.41, 5.74) is 6.92. The maximum absolute atomic E-state index is 13.0. The fourth-order valence-corrected chi connectivity index (χ4v) is 3.87. The van der Waals surface area contributed by atoms with E-state index in [1.165, 1.54) is 16.3 Å². The van der Waals surface area contributed by atoms with Crippen molar-refractivity contribution in [2.24, 2.45) is 5.73 Å². The summed E-state index contributed by atoms with van der Waals surface area (Å²) in [5, 5.41) is 2.52. The molecule has 0 aliphatic carbocycles. The van der Waals surface area contributed by atoms with Gasteiger partial charge in [-0.1, -0.05) is 54.6 Å². The van der Waals surface area contributed by atoms with Crippen molar-refractivity contribution in [2.45, 2.75) is 6.54 Å². The smallest absolute Gasteiger partial charge is 0.257 e. The number of hydrogen-bond donors (Lipinski definition) is 1. The molecule has 3 aromatic carbocycles. The molecule has 30 heavy (non-hydrogen) atoms. The van der Waals surface area contributed by atoms with Crippen LogP contribution in [0.3, 0.4) is 0 Å². The third kappa shape index (κ3) is 4.44. The van der Waals surface area contributed by atoms with E-state index in [0.29, 0.717) is 24.4 Å². The molecule has 0 saturated carbocycles. The average Bonchev–Trinajstić information content (AvgIpc) is 2.78. The number of carbonyl (C=O) groups is 2. The minimum absolute atomic E-state index is 0.0834. The molecule has 2 amide bonds. The fraction of sp³-hybridized carbons (Fsp3) is 0.250. The Morgan fingerprint density at radius 3 is 2.37 bits per heavy atom. The van der Waals surface area contributed by atoms with Gasteiger partial charge in [0.05, 0.1) is 5.56 Å². The second kappa shape index (κ2) is 8.97. The summed E-state index contributed by atoms with van der Waals surface area (Å²) in [6.07, 6.45) is 0. The second-order valence-corrected chi connectivity index (χ2v) is 7.46. The Bertz CT molecular complexity index is 1050. The van der Waals surface area contributed by atoms with E-state index in [2.05, 4.69) is 47.4 Å². The van der Waals surface area contributed by atoms with E-state index in [0.717, 1.165) is 19.6 Å². The number of rotatable bonds is 6. The summed E-state index contributed by atoms with van der Waals surface area (Å²) in [6.45, 7) is 3.52. The lowest BCUT2D eigenvalue weighted by Crippen LogP contribution is -2.48. The zero-order chi connectivity index (χ0) is 20.9. The molecule has 1 aliphatic heterocycles. The van der Waals surface area contributed by atoms with E-state index in [1.807, 2.05) is 4.90 Å². The van der Waals surface area contributed by atoms with Crippen LogP contribution in [0.4, 0.5) is 0 Å². The monoisotopic (exact) mass is 403 g/mol. The van der Waals surface area contributed by atoms with Crippen LogP contribution in [-0.2, 0) is 11.3 Å². The molecule has 4 rings (SSSR count). The van der Waals surface area contributed by atoms with Crippen LogP contribution < -0.4 is 10.5 Å². The molecule has 0 radical (unpaired) electrons. The first-order chi connectivity index (χ1) is 14.6. The topological polar surface area (TPSA) is 75.9 Å². The minimum atomic E-state index is -0.570. The maximum atomic E-state index is 13.0. The number of para-hydroxylation sites is 1. The van der Waals surface area contributed by atoms with E-state index in [4.69, 9.17) is 10.5 Å². The van der Waals surface area contributed by atoms with Gasteiger partial charge >= 0.3 is 0 Å². The summed E-state index contributed by atoms with van der Waals surface area (Å²) in [5.74, 6) is -0.265. The van der Waals surface area contributed by atoms with Gasteiger partial charge in [-0.2, -0.15) is 0 Å². The number of primary amides is 1. The molecule has 0 aromatic heterocycles. The van der Waals surface area contributed by atoms with Crippen molar-refractivity contribution in [3.05, 3.63) is 77.9 Å². The van der Waals surface area contributed by atoms with Gasteiger partial charge in [-0.3, -0.25) is 14.5 Å². The number of ether oxygens (including phenoxy) is 1. The second-order valence-electron chi connectivity index (χ2n) is 7.46. The van der Waals surface area contributed by atoms with Gasteiger partial charge < -0.3 is 15.4 Å². The largest absolute Gasteiger partial charge is 0.483 e. The molecular formula is C24H25N3O3. The number of carbonyl (C=O) groups excluding carboxylic acids is 2. The van der Waals surface area contributed by atoms with E-state index < -0.39 is 5.91 Å². The summed E-state index contributed by atoms with van der Waals surface area (Å²) < 4.78 is 5.42. The molecule has 1 fully saturated rings. The Labute approximate surface area is 175 Å². The fourth-order valence-electron chi connectivity index (χ4n) is 3.87. The highest BCUT2D eigenvalue weighted by Crippen LogP contribution is 2.23. The number of fused-ring (bicyclic) bond motifs is 1. The van der Waals surface area contributed by atoms with Crippen molar-refractivity contribution in [1.82, 2.24) is 9.80 Å². The number of amides is 2. The molecule has 6 heteroatoms. The van der Waals surface area contributed by atoms with Crippen LogP contribution in [0, 0.1) is 0 Å². The molecule has 154 valence electrons. The van der Waals surface area contributed by atoms with E-state index in [1.54, 1.807) is 24.3 Å². The van der Waals surface area contributed by atoms with Crippen LogP contribution in [0.1, 0.15) is 15.9 Å². The zero-order valence-corrected chi connectivity index (χ0v) is 16.8. The molecule has 1 aliphatic rings. The first kappa shape index (κ1) is 19.9. The Balaban J connectivity index is 1.40. The van der Waals surface area contributed by atoms with Gasteiger partial charge in [0.15, 0.2) is 6.61 Å². The van der Waals surface area contributed by atoms with Crippen LogP contribution in [0.15, 0.2) is 66.7 Å². The molecule has 6 nitrogen and oxygen atoms in total. The number of piperazine rings is 1. The van der Waals surface area contributed by atoms with Gasteiger partial charge in [0.2, 0.25) is 0 Å².